The number of aromatic nitrogens is 6. The number of benzene rings is 8. The van der Waals surface area contributed by atoms with Gasteiger partial charge in [-0.1, -0.05) is 206 Å². The van der Waals surface area contributed by atoms with E-state index in [1.807, 2.05) is 133 Å². The second-order valence-electron chi connectivity index (χ2n) is 15.1. The normalized spacial score (nSPS) is 12.4. The van der Waals surface area contributed by atoms with E-state index in [0.717, 1.165) is 66.8 Å². The van der Waals surface area contributed by atoms with Gasteiger partial charge in [-0.15, -0.1) is 0 Å². The molecule has 0 saturated carbocycles. The van der Waals surface area contributed by atoms with Crippen molar-refractivity contribution in [2.75, 3.05) is 0 Å². The van der Waals surface area contributed by atoms with Crippen molar-refractivity contribution < 1.29 is 0 Å². The molecule has 0 spiro atoms. The van der Waals surface area contributed by atoms with Crippen LogP contribution in [0.2, 0.25) is 0 Å². The van der Waals surface area contributed by atoms with E-state index in [-0.39, 0.29) is 0 Å². The SMILES string of the molecule is c1ccc(-c2ccc3c(c2)C(c2nc(-c4ccccc4)nc(-c4ccccc4)n2)(c2nc(-c4ccccc4)nc(-c4ccccc4)n2)c2cc(-c4ccccc4)ccc2-3)cc1. The van der Waals surface area contributed by atoms with Crippen LogP contribution in [0.3, 0.4) is 0 Å². The fourth-order valence-corrected chi connectivity index (χ4v) is 8.48. The van der Waals surface area contributed by atoms with Gasteiger partial charge in [-0.3, -0.25) is 0 Å². The lowest BCUT2D eigenvalue weighted by Crippen LogP contribution is -2.34. The molecule has 0 radical (unpaired) electrons. The van der Waals surface area contributed by atoms with Crippen LogP contribution in [-0.4, -0.2) is 29.9 Å². The summed E-state index contributed by atoms with van der Waals surface area (Å²) in [5, 5.41) is 0. The highest BCUT2D eigenvalue weighted by atomic mass is 15.1. The number of fused-ring (bicyclic) bond motifs is 3. The molecule has 61 heavy (non-hydrogen) atoms. The zero-order valence-electron chi connectivity index (χ0n) is 33.0. The van der Waals surface area contributed by atoms with Crippen LogP contribution in [0.25, 0.3) is 78.9 Å². The van der Waals surface area contributed by atoms with E-state index in [1.165, 1.54) is 0 Å². The van der Waals surface area contributed by atoms with Gasteiger partial charge in [0.05, 0.1) is 0 Å². The highest BCUT2D eigenvalue weighted by Crippen LogP contribution is 2.56. The van der Waals surface area contributed by atoms with E-state index < -0.39 is 5.41 Å². The second kappa shape index (κ2) is 15.2. The largest absolute Gasteiger partial charge is 0.211 e. The van der Waals surface area contributed by atoms with E-state index in [9.17, 15) is 0 Å². The molecule has 0 saturated heterocycles. The first kappa shape index (κ1) is 35.9. The van der Waals surface area contributed by atoms with Gasteiger partial charge in [-0.05, 0) is 56.6 Å². The molecule has 0 atom stereocenters. The Morgan fingerprint density at radius 1 is 0.230 bits per heavy atom. The number of nitrogens with zero attached hydrogens (tertiary/aromatic N) is 6. The third-order valence-electron chi connectivity index (χ3n) is 11.4. The Morgan fingerprint density at radius 2 is 0.492 bits per heavy atom. The van der Waals surface area contributed by atoms with Crippen LogP contribution in [0.1, 0.15) is 22.8 Å². The maximum atomic E-state index is 5.54. The van der Waals surface area contributed by atoms with Crippen LogP contribution in [0.15, 0.2) is 218 Å². The lowest BCUT2D eigenvalue weighted by Gasteiger charge is -2.31. The Hall–Kier alpha value is -8.22. The van der Waals surface area contributed by atoms with Gasteiger partial charge in [0.15, 0.2) is 34.9 Å². The topological polar surface area (TPSA) is 77.3 Å². The van der Waals surface area contributed by atoms with Crippen LogP contribution in [0.4, 0.5) is 0 Å². The first-order valence-corrected chi connectivity index (χ1v) is 20.4. The standard InChI is InChI=1S/C55H36N6/c1-7-19-37(20-8-1)43-31-33-45-46-34-32-44(38-21-9-2-10-22-38)36-48(46)55(47(45)35-43,53-58-49(39-23-11-3-12-24-39)56-50(59-53)40-25-13-4-14-26-40)54-60-51(41-27-15-5-16-28-41)57-52(61-54)42-29-17-6-18-30-42/h1-36H. The lowest BCUT2D eigenvalue weighted by molar-refractivity contribution is 0.640. The van der Waals surface area contributed by atoms with Crippen molar-refractivity contribution in [1.29, 1.82) is 0 Å². The predicted octanol–water partition coefficient (Wildman–Crippen LogP) is 12.4. The highest BCUT2D eigenvalue weighted by Gasteiger charge is 2.52. The highest BCUT2D eigenvalue weighted by molar-refractivity contribution is 5.89. The van der Waals surface area contributed by atoms with E-state index in [1.54, 1.807) is 0 Å². The fraction of sp³-hybridized carbons (Fsp3) is 0.0182. The van der Waals surface area contributed by atoms with Gasteiger partial charge < -0.3 is 0 Å². The summed E-state index contributed by atoms with van der Waals surface area (Å²) in [4.78, 5) is 32.5. The van der Waals surface area contributed by atoms with Crippen LogP contribution < -0.4 is 0 Å². The predicted molar refractivity (Wildman–Crippen MR) is 243 cm³/mol. The summed E-state index contributed by atoms with van der Waals surface area (Å²) >= 11 is 0. The summed E-state index contributed by atoms with van der Waals surface area (Å²) in [6.45, 7) is 0. The quantitative estimate of drug-likeness (QED) is 0.153. The monoisotopic (exact) mass is 780 g/mol. The van der Waals surface area contributed by atoms with Crippen molar-refractivity contribution in [1.82, 2.24) is 29.9 Å². The molecule has 1 aliphatic rings. The van der Waals surface area contributed by atoms with Crippen molar-refractivity contribution in [3.63, 3.8) is 0 Å². The lowest BCUT2D eigenvalue weighted by atomic mass is 9.74. The van der Waals surface area contributed by atoms with Crippen molar-refractivity contribution in [3.05, 3.63) is 241 Å². The molecule has 2 aromatic heterocycles. The molecule has 0 bridgehead atoms. The Kier molecular flexibility index (Phi) is 8.94. The molecule has 1 aliphatic carbocycles. The molecule has 6 heteroatoms. The first-order valence-electron chi connectivity index (χ1n) is 20.4. The Morgan fingerprint density at radius 3 is 0.770 bits per heavy atom. The molecular formula is C55H36N6. The van der Waals surface area contributed by atoms with Crippen LogP contribution in [0, 0.1) is 0 Å². The third-order valence-corrected chi connectivity index (χ3v) is 11.4. The fourth-order valence-electron chi connectivity index (χ4n) is 8.48. The minimum Gasteiger partial charge on any atom is -0.211 e. The van der Waals surface area contributed by atoms with Gasteiger partial charge in [0.1, 0.15) is 5.41 Å². The van der Waals surface area contributed by atoms with Crippen molar-refractivity contribution in [2.24, 2.45) is 0 Å². The van der Waals surface area contributed by atoms with E-state index in [2.05, 4.69) is 84.9 Å². The smallest absolute Gasteiger partial charge is 0.163 e. The molecule has 0 aliphatic heterocycles. The molecule has 2 heterocycles. The van der Waals surface area contributed by atoms with Crippen LogP contribution in [0.5, 0.6) is 0 Å². The molecule has 6 nitrogen and oxygen atoms in total. The minimum atomic E-state index is -1.26. The molecule has 0 N–H and O–H groups in total. The van der Waals surface area contributed by atoms with Crippen LogP contribution in [-0.2, 0) is 5.41 Å². The van der Waals surface area contributed by atoms with E-state index in [4.69, 9.17) is 29.9 Å². The van der Waals surface area contributed by atoms with Crippen molar-refractivity contribution in [2.45, 2.75) is 5.41 Å². The summed E-state index contributed by atoms with van der Waals surface area (Å²) in [5.41, 5.74) is 10.6. The van der Waals surface area contributed by atoms with Gasteiger partial charge in [0.2, 0.25) is 0 Å². The van der Waals surface area contributed by atoms with E-state index in [0.29, 0.717) is 34.9 Å². The molecule has 0 unspecified atom stereocenters. The number of hydrogen-bond donors (Lipinski definition) is 0. The average Bonchev–Trinajstić information content (AvgIpc) is 3.65. The number of rotatable bonds is 8. The molecule has 0 amide bonds. The maximum absolute atomic E-state index is 5.54. The molecule has 10 aromatic rings. The second-order valence-corrected chi connectivity index (χ2v) is 15.1. The molecular weight excluding hydrogens is 745 g/mol. The third kappa shape index (κ3) is 6.38. The van der Waals surface area contributed by atoms with E-state index >= 15 is 0 Å². The zero-order valence-corrected chi connectivity index (χ0v) is 33.0. The van der Waals surface area contributed by atoms with Crippen molar-refractivity contribution in [3.8, 4) is 78.9 Å². The Labute approximate surface area is 354 Å². The summed E-state index contributed by atoms with van der Waals surface area (Å²) in [7, 11) is 0. The summed E-state index contributed by atoms with van der Waals surface area (Å²) < 4.78 is 0. The van der Waals surface area contributed by atoms with Gasteiger partial charge in [-0.25, -0.2) is 29.9 Å². The zero-order chi connectivity index (χ0) is 40.6. The van der Waals surface area contributed by atoms with Gasteiger partial charge >= 0.3 is 0 Å². The maximum Gasteiger partial charge on any atom is 0.163 e. The minimum absolute atomic E-state index is 0.514. The Balaban J connectivity index is 1.32. The van der Waals surface area contributed by atoms with Gasteiger partial charge in [0, 0.05) is 22.3 Å². The average molecular weight is 781 g/mol. The van der Waals surface area contributed by atoms with Crippen molar-refractivity contribution >= 4 is 0 Å². The van der Waals surface area contributed by atoms with Crippen LogP contribution >= 0.6 is 0 Å². The first-order chi connectivity index (χ1) is 30.2. The molecule has 11 rings (SSSR count). The van der Waals surface area contributed by atoms with Gasteiger partial charge in [0.25, 0.3) is 0 Å². The molecule has 286 valence electrons. The summed E-state index contributed by atoms with van der Waals surface area (Å²) in [6, 6.07) is 74.9. The summed E-state index contributed by atoms with van der Waals surface area (Å²) in [6.07, 6.45) is 0. The Bertz CT molecular complexity index is 2830. The molecule has 8 aromatic carbocycles. The summed E-state index contributed by atoms with van der Waals surface area (Å²) in [5.74, 6) is 3.24. The molecule has 0 fully saturated rings. The number of hydrogen-bond acceptors (Lipinski definition) is 6. The van der Waals surface area contributed by atoms with Gasteiger partial charge in [-0.2, -0.15) is 0 Å².